The van der Waals surface area contributed by atoms with Gasteiger partial charge >= 0.3 is 0 Å². The Kier molecular flexibility index (Phi) is 6.17. The van der Waals surface area contributed by atoms with Crippen molar-refractivity contribution in [2.75, 3.05) is 18.4 Å². The van der Waals surface area contributed by atoms with Crippen molar-refractivity contribution in [2.45, 2.75) is 19.4 Å². The summed E-state index contributed by atoms with van der Waals surface area (Å²) in [7, 11) is 0. The Hall–Kier alpha value is -3.18. The molecule has 29 heavy (non-hydrogen) atoms. The first kappa shape index (κ1) is 19.2. The molecule has 1 aliphatic rings. The fourth-order valence-corrected chi connectivity index (χ4v) is 3.60. The quantitative estimate of drug-likeness (QED) is 0.665. The number of benzene rings is 2. The second-order valence-electron chi connectivity index (χ2n) is 7.30. The van der Waals surface area contributed by atoms with Gasteiger partial charge in [-0.25, -0.2) is 4.98 Å². The van der Waals surface area contributed by atoms with Gasteiger partial charge in [0.2, 0.25) is 11.8 Å². The molecule has 2 heterocycles. The number of piperidine rings is 1. The van der Waals surface area contributed by atoms with Crippen molar-refractivity contribution in [3.8, 4) is 11.6 Å². The van der Waals surface area contributed by atoms with Crippen LogP contribution in [0.2, 0.25) is 0 Å². The van der Waals surface area contributed by atoms with Gasteiger partial charge in [0.25, 0.3) is 0 Å². The number of rotatable bonds is 6. The van der Waals surface area contributed by atoms with Gasteiger partial charge in [0, 0.05) is 18.7 Å². The predicted octanol–water partition coefficient (Wildman–Crippen LogP) is 4.72. The minimum absolute atomic E-state index is 0.00630. The molecule has 1 amide bonds. The molecule has 0 unspecified atom stereocenters. The molecule has 1 aliphatic heterocycles. The van der Waals surface area contributed by atoms with Crippen LogP contribution in [0.4, 0.5) is 5.69 Å². The lowest BCUT2D eigenvalue weighted by Gasteiger charge is -2.31. The molecule has 0 spiro atoms. The number of carbonyl (C=O) groups excluding carboxylic acids is 1. The van der Waals surface area contributed by atoms with Gasteiger partial charge in [0.15, 0.2) is 0 Å². The Morgan fingerprint density at radius 2 is 1.66 bits per heavy atom. The number of carbonyl (C=O) groups is 1. The van der Waals surface area contributed by atoms with Crippen LogP contribution in [0.3, 0.4) is 0 Å². The number of anilines is 1. The van der Waals surface area contributed by atoms with Crippen LogP contribution in [-0.4, -0.2) is 28.9 Å². The zero-order valence-corrected chi connectivity index (χ0v) is 16.3. The van der Waals surface area contributed by atoms with E-state index in [-0.39, 0.29) is 11.8 Å². The molecule has 0 aliphatic carbocycles. The van der Waals surface area contributed by atoms with E-state index in [0.717, 1.165) is 32.5 Å². The summed E-state index contributed by atoms with van der Waals surface area (Å²) >= 11 is 0. The smallest absolute Gasteiger partial charge is 0.243 e. The second kappa shape index (κ2) is 9.34. The van der Waals surface area contributed by atoms with Crippen molar-refractivity contribution in [1.82, 2.24) is 9.88 Å². The standard InChI is InChI=1S/C24H25N3O2/c28-23(20-13-16-27(17-14-20)18-19-8-3-1-4-9-19)26-22-12-7-15-25-24(22)29-21-10-5-2-6-11-21/h1-12,15,20H,13-14,16-18H2,(H,26,28). The van der Waals surface area contributed by atoms with Crippen molar-refractivity contribution in [3.63, 3.8) is 0 Å². The van der Waals surface area contributed by atoms with Gasteiger partial charge in [-0.3, -0.25) is 9.69 Å². The van der Waals surface area contributed by atoms with Crippen molar-refractivity contribution in [3.05, 3.63) is 84.6 Å². The minimum Gasteiger partial charge on any atom is -0.437 e. The van der Waals surface area contributed by atoms with E-state index < -0.39 is 0 Å². The molecule has 0 radical (unpaired) electrons. The maximum atomic E-state index is 12.8. The molecule has 5 nitrogen and oxygen atoms in total. The number of pyridine rings is 1. The van der Waals surface area contributed by atoms with Gasteiger partial charge in [-0.2, -0.15) is 0 Å². The number of amides is 1. The lowest BCUT2D eigenvalue weighted by Crippen LogP contribution is -2.37. The highest BCUT2D eigenvalue weighted by Crippen LogP contribution is 2.28. The fourth-order valence-electron chi connectivity index (χ4n) is 3.60. The molecule has 4 rings (SSSR count). The van der Waals surface area contributed by atoms with Crippen LogP contribution in [0, 0.1) is 5.92 Å². The van der Waals surface area contributed by atoms with E-state index in [1.165, 1.54) is 5.56 Å². The number of ether oxygens (including phenoxy) is 1. The van der Waals surface area contributed by atoms with Gasteiger partial charge in [-0.05, 0) is 55.8 Å². The molecule has 5 heteroatoms. The zero-order valence-electron chi connectivity index (χ0n) is 16.3. The number of nitrogens with one attached hydrogen (secondary N) is 1. The number of para-hydroxylation sites is 1. The van der Waals surface area contributed by atoms with E-state index in [1.807, 2.05) is 42.5 Å². The largest absolute Gasteiger partial charge is 0.437 e. The maximum Gasteiger partial charge on any atom is 0.243 e. The Labute approximate surface area is 171 Å². The molecule has 0 saturated carbocycles. The summed E-state index contributed by atoms with van der Waals surface area (Å²) in [6.07, 6.45) is 3.37. The lowest BCUT2D eigenvalue weighted by molar-refractivity contribution is -0.121. The van der Waals surface area contributed by atoms with Crippen LogP contribution in [0.15, 0.2) is 79.0 Å². The molecule has 3 aromatic rings. The van der Waals surface area contributed by atoms with E-state index in [0.29, 0.717) is 17.3 Å². The highest BCUT2D eigenvalue weighted by Gasteiger charge is 2.25. The molecule has 0 atom stereocenters. The number of likely N-dealkylation sites (tertiary alicyclic amines) is 1. The predicted molar refractivity (Wildman–Crippen MR) is 114 cm³/mol. The van der Waals surface area contributed by atoms with E-state index in [9.17, 15) is 4.79 Å². The minimum atomic E-state index is 0.00630. The van der Waals surface area contributed by atoms with E-state index in [1.54, 1.807) is 12.3 Å². The summed E-state index contributed by atoms with van der Waals surface area (Å²) in [5, 5.41) is 3.02. The SMILES string of the molecule is O=C(Nc1cccnc1Oc1ccccc1)C1CCN(Cc2ccccc2)CC1. The zero-order chi connectivity index (χ0) is 19.9. The summed E-state index contributed by atoms with van der Waals surface area (Å²) in [5.41, 5.74) is 1.92. The number of nitrogens with zero attached hydrogens (tertiary/aromatic N) is 2. The third-order valence-corrected chi connectivity index (χ3v) is 5.19. The Morgan fingerprint density at radius 1 is 0.966 bits per heavy atom. The van der Waals surface area contributed by atoms with Crippen molar-refractivity contribution < 1.29 is 9.53 Å². The van der Waals surface area contributed by atoms with Crippen LogP contribution < -0.4 is 10.1 Å². The molecule has 1 aromatic heterocycles. The monoisotopic (exact) mass is 387 g/mol. The van der Waals surface area contributed by atoms with Crippen LogP contribution in [0.1, 0.15) is 18.4 Å². The number of aromatic nitrogens is 1. The molecule has 1 N–H and O–H groups in total. The first-order valence-electron chi connectivity index (χ1n) is 10.0. The fraction of sp³-hybridized carbons (Fsp3) is 0.250. The van der Waals surface area contributed by atoms with Gasteiger partial charge in [-0.15, -0.1) is 0 Å². The average molecular weight is 387 g/mol. The van der Waals surface area contributed by atoms with Gasteiger partial charge in [0.05, 0.1) is 0 Å². The normalized spacial score (nSPS) is 15.0. The van der Waals surface area contributed by atoms with Crippen molar-refractivity contribution in [1.29, 1.82) is 0 Å². The highest BCUT2D eigenvalue weighted by molar-refractivity contribution is 5.93. The molecule has 1 saturated heterocycles. The Balaban J connectivity index is 1.33. The summed E-state index contributed by atoms with van der Waals surface area (Å²) in [4.78, 5) is 19.5. The van der Waals surface area contributed by atoms with Gasteiger partial charge in [-0.1, -0.05) is 48.5 Å². The molecule has 1 fully saturated rings. The summed E-state index contributed by atoms with van der Waals surface area (Å²) < 4.78 is 5.85. The summed E-state index contributed by atoms with van der Waals surface area (Å²) in [6, 6.07) is 23.6. The summed E-state index contributed by atoms with van der Waals surface area (Å²) in [6.45, 7) is 2.79. The number of hydrogen-bond acceptors (Lipinski definition) is 4. The first-order valence-corrected chi connectivity index (χ1v) is 10.0. The van der Waals surface area contributed by atoms with E-state index in [4.69, 9.17) is 4.74 Å². The molecular weight excluding hydrogens is 362 g/mol. The molecule has 0 bridgehead atoms. The molecular formula is C24H25N3O2. The number of hydrogen-bond donors (Lipinski definition) is 1. The Bertz CT molecular complexity index is 923. The second-order valence-corrected chi connectivity index (χ2v) is 7.30. The van der Waals surface area contributed by atoms with E-state index in [2.05, 4.69) is 39.5 Å². The summed E-state index contributed by atoms with van der Waals surface area (Å²) in [5.74, 6) is 1.14. The third-order valence-electron chi connectivity index (χ3n) is 5.19. The van der Waals surface area contributed by atoms with Crippen LogP contribution >= 0.6 is 0 Å². The highest BCUT2D eigenvalue weighted by atomic mass is 16.5. The lowest BCUT2D eigenvalue weighted by atomic mass is 9.95. The van der Waals surface area contributed by atoms with Gasteiger partial charge in [0.1, 0.15) is 11.4 Å². The molecule has 148 valence electrons. The van der Waals surface area contributed by atoms with E-state index >= 15 is 0 Å². The average Bonchev–Trinajstić information content (AvgIpc) is 2.77. The van der Waals surface area contributed by atoms with Crippen LogP contribution in [0.25, 0.3) is 0 Å². The first-order chi connectivity index (χ1) is 14.3. The van der Waals surface area contributed by atoms with Crippen LogP contribution in [-0.2, 0) is 11.3 Å². The van der Waals surface area contributed by atoms with Crippen molar-refractivity contribution in [2.24, 2.45) is 5.92 Å². The molecule has 2 aromatic carbocycles. The maximum absolute atomic E-state index is 12.8. The topological polar surface area (TPSA) is 54.5 Å². The van der Waals surface area contributed by atoms with Gasteiger partial charge < -0.3 is 10.1 Å². The Morgan fingerprint density at radius 3 is 2.38 bits per heavy atom. The van der Waals surface area contributed by atoms with Crippen molar-refractivity contribution >= 4 is 11.6 Å². The van der Waals surface area contributed by atoms with Crippen LogP contribution in [0.5, 0.6) is 11.6 Å². The third kappa shape index (κ3) is 5.21.